The second kappa shape index (κ2) is 8.61. The Morgan fingerprint density at radius 1 is 1.52 bits per heavy atom. The number of carbonyl (C=O) groups is 2. The molecule has 128 valence electrons. The average molecular weight is 360 g/mol. The quantitative estimate of drug-likeness (QED) is 0.717. The molecule has 1 aromatic rings. The number of nitrogens with two attached hydrogens (primary N) is 1. The lowest BCUT2D eigenvalue weighted by Crippen LogP contribution is -2.52. The molecule has 1 fully saturated rings. The van der Waals surface area contributed by atoms with Gasteiger partial charge in [0.2, 0.25) is 11.8 Å². The zero-order valence-electron chi connectivity index (χ0n) is 12.9. The van der Waals surface area contributed by atoms with Crippen LogP contribution in [0.3, 0.4) is 0 Å². The number of halogens is 1. The third-order valence-electron chi connectivity index (χ3n) is 4.19. The molecule has 0 aliphatic carbocycles. The number of nitrogens with zero attached hydrogens (tertiary/aromatic N) is 2. The predicted molar refractivity (Wildman–Crippen MR) is 89.1 cm³/mol. The number of hydrogen-bond donors (Lipinski definition) is 2. The van der Waals surface area contributed by atoms with Crippen molar-refractivity contribution >= 4 is 34.8 Å². The van der Waals surface area contributed by atoms with E-state index in [-0.39, 0.29) is 18.4 Å². The fourth-order valence-electron chi connectivity index (χ4n) is 2.93. The molecule has 3 N–H and O–H groups in total. The summed E-state index contributed by atoms with van der Waals surface area (Å²) < 4.78 is 0. The van der Waals surface area contributed by atoms with Crippen LogP contribution in [0.2, 0.25) is 0 Å². The highest BCUT2D eigenvalue weighted by molar-refractivity contribution is 7.09. The first-order valence-corrected chi connectivity index (χ1v) is 9.15. The molecule has 0 bridgehead atoms. The van der Waals surface area contributed by atoms with Crippen LogP contribution < -0.4 is 5.73 Å². The minimum atomic E-state index is -0.567. The lowest BCUT2D eigenvalue weighted by Gasteiger charge is -2.37. The molecule has 1 aliphatic heterocycles. The number of hydrogen-bond acceptors (Lipinski definition) is 5. The third-order valence-corrected chi connectivity index (χ3v) is 5.42. The Kier molecular flexibility index (Phi) is 6.80. The lowest BCUT2D eigenvalue weighted by atomic mass is 9.88. The van der Waals surface area contributed by atoms with Gasteiger partial charge in [0.1, 0.15) is 6.04 Å². The largest absolute Gasteiger partial charge is 0.396 e. The number of carbonyl (C=O) groups excluding carboxylic acids is 2. The molecular formula is C15H22ClN3O3S. The van der Waals surface area contributed by atoms with Gasteiger partial charge in [-0.05, 0) is 25.2 Å². The summed E-state index contributed by atoms with van der Waals surface area (Å²) in [5.74, 6) is 0.0670. The molecule has 2 rings (SSSR count). The van der Waals surface area contributed by atoms with Gasteiger partial charge in [0, 0.05) is 31.4 Å². The average Bonchev–Trinajstić information content (AvgIpc) is 3.01. The van der Waals surface area contributed by atoms with E-state index in [1.165, 1.54) is 11.3 Å². The van der Waals surface area contributed by atoms with Crippen molar-refractivity contribution in [2.45, 2.75) is 44.0 Å². The van der Waals surface area contributed by atoms with Crippen LogP contribution in [0.1, 0.15) is 36.4 Å². The Hall–Kier alpha value is -1.18. The van der Waals surface area contributed by atoms with Gasteiger partial charge in [0.25, 0.3) is 0 Å². The van der Waals surface area contributed by atoms with Crippen LogP contribution in [-0.4, -0.2) is 46.0 Å². The maximum atomic E-state index is 12.4. The number of aliphatic hydroxyl groups is 1. The van der Waals surface area contributed by atoms with Crippen LogP contribution in [0.5, 0.6) is 0 Å². The number of aliphatic hydroxyl groups excluding tert-OH is 1. The van der Waals surface area contributed by atoms with Crippen molar-refractivity contribution in [1.82, 2.24) is 9.88 Å². The van der Waals surface area contributed by atoms with Crippen molar-refractivity contribution in [1.29, 1.82) is 0 Å². The van der Waals surface area contributed by atoms with Gasteiger partial charge in [0.05, 0.1) is 16.6 Å². The van der Waals surface area contributed by atoms with Gasteiger partial charge in [-0.1, -0.05) is 0 Å². The summed E-state index contributed by atoms with van der Waals surface area (Å²) in [5, 5.41) is 11.8. The first-order chi connectivity index (χ1) is 11.0. The van der Waals surface area contributed by atoms with Gasteiger partial charge in [-0.2, -0.15) is 0 Å². The highest BCUT2D eigenvalue weighted by atomic mass is 35.5. The van der Waals surface area contributed by atoms with Crippen LogP contribution in [-0.2, 0) is 21.9 Å². The number of aromatic nitrogens is 1. The van der Waals surface area contributed by atoms with E-state index < -0.39 is 11.9 Å². The SMILES string of the molecule is NC(=O)C1CC(CCO)CCN1C(=O)CCc1nc(CCl)cs1. The second-order valence-corrected chi connectivity index (χ2v) is 6.98. The fraction of sp³-hybridized carbons (Fsp3) is 0.667. The van der Waals surface area contributed by atoms with E-state index in [1.807, 2.05) is 5.38 Å². The molecule has 0 radical (unpaired) electrons. The minimum Gasteiger partial charge on any atom is -0.396 e. The van der Waals surface area contributed by atoms with Crippen LogP contribution >= 0.6 is 22.9 Å². The molecule has 23 heavy (non-hydrogen) atoms. The Morgan fingerprint density at radius 2 is 2.30 bits per heavy atom. The minimum absolute atomic E-state index is 0.0705. The molecule has 8 heteroatoms. The predicted octanol–water partition coefficient (Wildman–Crippen LogP) is 1.29. The number of rotatable bonds is 7. The van der Waals surface area contributed by atoms with Crippen molar-refractivity contribution in [3.63, 3.8) is 0 Å². The van der Waals surface area contributed by atoms with E-state index in [0.29, 0.717) is 38.1 Å². The third kappa shape index (κ3) is 4.89. The monoisotopic (exact) mass is 359 g/mol. The normalized spacial score (nSPS) is 21.4. The van der Waals surface area contributed by atoms with Gasteiger partial charge >= 0.3 is 0 Å². The molecule has 2 atom stereocenters. The maximum Gasteiger partial charge on any atom is 0.240 e. The molecule has 1 aromatic heterocycles. The van der Waals surface area contributed by atoms with Crippen molar-refractivity contribution in [3.05, 3.63) is 16.1 Å². The van der Waals surface area contributed by atoms with Gasteiger partial charge < -0.3 is 15.7 Å². The Labute approximate surface area is 144 Å². The van der Waals surface area contributed by atoms with Gasteiger partial charge in [-0.3, -0.25) is 9.59 Å². The number of piperidine rings is 1. The number of primary amides is 1. The van der Waals surface area contributed by atoms with Crippen LogP contribution in [0.25, 0.3) is 0 Å². The van der Waals surface area contributed by atoms with E-state index in [0.717, 1.165) is 17.1 Å². The number of alkyl halides is 1. The van der Waals surface area contributed by atoms with Gasteiger partial charge in [-0.25, -0.2) is 4.98 Å². The zero-order valence-corrected chi connectivity index (χ0v) is 14.5. The summed E-state index contributed by atoms with van der Waals surface area (Å²) in [7, 11) is 0. The molecule has 1 aliphatic rings. The molecule has 2 unspecified atom stereocenters. The fourth-order valence-corrected chi connectivity index (χ4v) is 3.96. The molecule has 0 saturated carbocycles. The van der Waals surface area contributed by atoms with Crippen LogP contribution in [0, 0.1) is 5.92 Å². The molecule has 2 amide bonds. The van der Waals surface area contributed by atoms with E-state index in [2.05, 4.69) is 4.98 Å². The maximum absolute atomic E-state index is 12.4. The van der Waals surface area contributed by atoms with E-state index in [1.54, 1.807) is 4.90 Å². The van der Waals surface area contributed by atoms with Crippen molar-refractivity contribution in [2.75, 3.05) is 13.2 Å². The summed E-state index contributed by atoms with van der Waals surface area (Å²) in [6, 6.07) is -0.567. The van der Waals surface area contributed by atoms with Crippen LogP contribution in [0.15, 0.2) is 5.38 Å². The molecule has 6 nitrogen and oxygen atoms in total. The number of aryl methyl sites for hydroxylation is 1. The summed E-state index contributed by atoms with van der Waals surface area (Å²) in [6.07, 6.45) is 2.83. The highest BCUT2D eigenvalue weighted by Gasteiger charge is 2.34. The zero-order chi connectivity index (χ0) is 16.8. The summed E-state index contributed by atoms with van der Waals surface area (Å²) in [6.45, 7) is 0.610. The molecule has 1 saturated heterocycles. The van der Waals surface area contributed by atoms with Crippen molar-refractivity contribution < 1.29 is 14.7 Å². The second-order valence-electron chi connectivity index (χ2n) is 5.77. The molecule has 2 heterocycles. The topological polar surface area (TPSA) is 96.5 Å². The summed E-state index contributed by atoms with van der Waals surface area (Å²) in [4.78, 5) is 30.0. The molecule has 0 aromatic carbocycles. The first-order valence-electron chi connectivity index (χ1n) is 7.74. The number of thiazole rings is 1. The van der Waals surface area contributed by atoms with Crippen molar-refractivity contribution in [2.24, 2.45) is 11.7 Å². The number of likely N-dealkylation sites (tertiary alicyclic amines) is 1. The Balaban J connectivity index is 1.92. The smallest absolute Gasteiger partial charge is 0.240 e. The van der Waals surface area contributed by atoms with E-state index in [4.69, 9.17) is 22.4 Å². The Bertz CT molecular complexity index is 552. The van der Waals surface area contributed by atoms with Crippen LogP contribution in [0.4, 0.5) is 0 Å². The van der Waals surface area contributed by atoms with Gasteiger partial charge in [-0.15, -0.1) is 22.9 Å². The number of amides is 2. The Morgan fingerprint density at radius 3 is 2.91 bits per heavy atom. The van der Waals surface area contributed by atoms with Crippen molar-refractivity contribution in [3.8, 4) is 0 Å². The molecule has 0 spiro atoms. The lowest BCUT2D eigenvalue weighted by molar-refractivity contribution is -0.142. The van der Waals surface area contributed by atoms with E-state index >= 15 is 0 Å². The summed E-state index contributed by atoms with van der Waals surface area (Å²) >= 11 is 7.21. The van der Waals surface area contributed by atoms with E-state index in [9.17, 15) is 9.59 Å². The first kappa shape index (κ1) is 18.2. The molecular weight excluding hydrogens is 338 g/mol. The van der Waals surface area contributed by atoms with Gasteiger partial charge in [0.15, 0.2) is 0 Å². The highest BCUT2D eigenvalue weighted by Crippen LogP contribution is 2.26. The summed E-state index contributed by atoms with van der Waals surface area (Å²) in [5.41, 5.74) is 6.28. The standard InChI is InChI=1S/C15H22ClN3O3S/c16-8-11-9-23-13(18-11)1-2-14(21)19-5-3-10(4-6-20)7-12(19)15(17)22/h9-10,12,20H,1-8H2,(H2,17,22).